The molecule has 6 heteroatoms. The first-order valence-corrected chi connectivity index (χ1v) is 6.15. The first kappa shape index (κ1) is 12.3. The van der Waals surface area contributed by atoms with Crippen LogP contribution in [-0.2, 0) is 9.59 Å². The zero-order valence-corrected chi connectivity index (χ0v) is 9.60. The van der Waals surface area contributed by atoms with Crippen LogP contribution in [0.3, 0.4) is 0 Å². The van der Waals surface area contributed by atoms with Gasteiger partial charge in [-0.05, 0) is 25.0 Å². The summed E-state index contributed by atoms with van der Waals surface area (Å²) in [6.07, 6.45) is 3.00. The number of amides is 2. The molecule has 0 aromatic heterocycles. The lowest BCUT2D eigenvalue weighted by atomic mass is 10.2. The van der Waals surface area contributed by atoms with Crippen molar-refractivity contribution in [2.24, 2.45) is 5.84 Å². The van der Waals surface area contributed by atoms with Crippen LogP contribution in [0.15, 0.2) is 0 Å². The van der Waals surface area contributed by atoms with Crippen molar-refractivity contribution in [2.75, 3.05) is 5.75 Å². The van der Waals surface area contributed by atoms with E-state index in [4.69, 9.17) is 5.84 Å². The van der Waals surface area contributed by atoms with Gasteiger partial charge in [0.15, 0.2) is 0 Å². The Morgan fingerprint density at radius 2 is 2.13 bits per heavy atom. The number of hydrogen-bond donors (Lipinski definition) is 3. The van der Waals surface area contributed by atoms with Crippen LogP contribution in [0.2, 0.25) is 0 Å². The Morgan fingerprint density at radius 3 is 2.73 bits per heavy atom. The third kappa shape index (κ3) is 3.71. The van der Waals surface area contributed by atoms with Crippen molar-refractivity contribution in [1.29, 1.82) is 0 Å². The van der Waals surface area contributed by atoms with Gasteiger partial charge in [-0.3, -0.25) is 15.0 Å². The summed E-state index contributed by atoms with van der Waals surface area (Å²) >= 11 is 1.91. The smallest absolute Gasteiger partial charge is 0.323 e. The van der Waals surface area contributed by atoms with Gasteiger partial charge < -0.3 is 5.32 Å². The number of thioether (sulfide) groups is 1. The summed E-state index contributed by atoms with van der Waals surface area (Å²) < 4.78 is 0. The number of hydrazine groups is 1. The van der Waals surface area contributed by atoms with Gasteiger partial charge in [-0.15, -0.1) is 0 Å². The van der Waals surface area contributed by atoms with Crippen LogP contribution in [0, 0.1) is 0 Å². The van der Waals surface area contributed by atoms with Gasteiger partial charge in [-0.1, -0.05) is 6.92 Å². The Bertz CT molecular complexity index is 248. The fourth-order valence-corrected chi connectivity index (χ4v) is 2.92. The summed E-state index contributed by atoms with van der Waals surface area (Å²) in [7, 11) is 0. The summed E-state index contributed by atoms with van der Waals surface area (Å²) in [5.74, 6) is 4.54. The maximum atomic E-state index is 11.2. The summed E-state index contributed by atoms with van der Waals surface area (Å²) in [6.45, 7) is 2.12. The molecule has 0 aliphatic heterocycles. The molecule has 2 unspecified atom stereocenters. The molecule has 1 rings (SSSR count). The minimum absolute atomic E-state index is 0.124. The monoisotopic (exact) mass is 231 g/mol. The molecule has 1 fully saturated rings. The van der Waals surface area contributed by atoms with Crippen molar-refractivity contribution in [3.8, 4) is 0 Å². The zero-order valence-electron chi connectivity index (χ0n) is 8.79. The quantitative estimate of drug-likeness (QED) is 0.271. The van der Waals surface area contributed by atoms with E-state index in [9.17, 15) is 9.59 Å². The summed E-state index contributed by atoms with van der Waals surface area (Å²) in [6, 6.07) is 0.124. The SMILES string of the molecule is CCSC1CCC(NC(=O)C(=O)NN)C1. The number of carbonyl (C=O) groups excluding carboxylic acids is 2. The molecule has 1 aliphatic rings. The van der Waals surface area contributed by atoms with E-state index in [-0.39, 0.29) is 6.04 Å². The van der Waals surface area contributed by atoms with Crippen LogP contribution in [0.1, 0.15) is 26.2 Å². The van der Waals surface area contributed by atoms with Crippen molar-refractivity contribution in [3.63, 3.8) is 0 Å². The number of nitrogens with one attached hydrogen (secondary N) is 2. The Kier molecular flexibility index (Phi) is 4.90. The first-order chi connectivity index (χ1) is 7.17. The van der Waals surface area contributed by atoms with E-state index in [2.05, 4.69) is 12.2 Å². The van der Waals surface area contributed by atoms with Gasteiger partial charge in [0.1, 0.15) is 0 Å². The molecule has 86 valence electrons. The Balaban J connectivity index is 2.29. The average Bonchev–Trinajstić information content (AvgIpc) is 2.65. The second-order valence-corrected chi connectivity index (χ2v) is 5.11. The first-order valence-electron chi connectivity index (χ1n) is 5.10. The predicted octanol–water partition coefficient (Wildman–Crippen LogP) is -0.233. The predicted molar refractivity (Wildman–Crippen MR) is 60.0 cm³/mol. The van der Waals surface area contributed by atoms with Crippen LogP contribution in [0.25, 0.3) is 0 Å². The molecule has 1 saturated carbocycles. The zero-order chi connectivity index (χ0) is 11.3. The van der Waals surface area contributed by atoms with Gasteiger partial charge in [0.2, 0.25) is 0 Å². The topological polar surface area (TPSA) is 84.2 Å². The number of rotatable bonds is 3. The highest BCUT2D eigenvalue weighted by Crippen LogP contribution is 2.29. The normalized spacial score (nSPS) is 24.9. The van der Waals surface area contributed by atoms with E-state index in [1.165, 1.54) is 0 Å². The molecule has 0 spiro atoms. The van der Waals surface area contributed by atoms with Crippen molar-refractivity contribution >= 4 is 23.6 Å². The molecule has 0 aromatic carbocycles. The molecule has 4 N–H and O–H groups in total. The van der Waals surface area contributed by atoms with Crippen molar-refractivity contribution in [2.45, 2.75) is 37.5 Å². The van der Waals surface area contributed by atoms with Crippen molar-refractivity contribution in [1.82, 2.24) is 10.7 Å². The van der Waals surface area contributed by atoms with E-state index in [1.54, 1.807) is 0 Å². The third-order valence-corrected chi connectivity index (χ3v) is 3.69. The van der Waals surface area contributed by atoms with Crippen LogP contribution >= 0.6 is 11.8 Å². The molecule has 0 saturated heterocycles. The van der Waals surface area contributed by atoms with Gasteiger partial charge in [0.25, 0.3) is 0 Å². The molecule has 0 radical (unpaired) electrons. The molecule has 5 nitrogen and oxygen atoms in total. The van der Waals surface area contributed by atoms with Crippen LogP contribution in [0.5, 0.6) is 0 Å². The largest absolute Gasteiger partial charge is 0.345 e. The van der Waals surface area contributed by atoms with E-state index in [1.807, 2.05) is 17.2 Å². The number of hydrogen-bond acceptors (Lipinski definition) is 4. The van der Waals surface area contributed by atoms with Crippen molar-refractivity contribution < 1.29 is 9.59 Å². The Labute approximate surface area is 93.5 Å². The number of nitrogens with two attached hydrogens (primary N) is 1. The summed E-state index contributed by atoms with van der Waals surface area (Å²) in [5.41, 5.74) is 1.82. The fraction of sp³-hybridized carbons (Fsp3) is 0.778. The lowest BCUT2D eigenvalue weighted by Crippen LogP contribution is -2.46. The van der Waals surface area contributed by atoms with E-state index >= 15 is 0 Å². The summed E-state index contributed by atoms with van der Waals surface area (Å²) in [5, 5.41) is 3.29. The van der Waals surface area contributed by atoms with Gasteiger partial charge in [-0.2, -0.15) is 11.8 Å². The second-order valence-electron chi connectivity index (χ2n) is 3.53. The highest BCUT2D eigenvalue weighted by molar-refractivity contribution is 7.99. The highest BCUT2D eigenvalue weighted by atomic mass is 32.2. The fourth-order valence-electron chi connectivity index (χ4n) is 1.77. The molecule has 1 aliphatic carbocycles. The molecule has 0 aromatic rings. The molecule has 0 heterocycles. The van der Waals surface area contributed by atoms with Gasteiger partial charge in [-0.25, -0.2) is 5.84 Å². The van der Waals surface area contributed by atoms with Crippen LogP contribution in [-0.4, -0.2) is 28.9 Å². The van der Waals surface area contributed by atoms with E-state index < -0.39 is 11.8 Å². The lowest BCUT2D eigenvalue weighted by molar-refractivity contribution is -0.139. The van der Waals surface area contributed by atoms with E-state index in [0.29, 0.717) is 5.25 Å². The third-order valence-electron chi connectivity index (χ3n) is 2.46. The Morgan fingerprint density at radius 1 is 1.40 bits per heavy atom. The van der Waals surface area contributed by atoms with Gasteiger partial charge >= 0.3 is 11.8 Å². The molecular formula is C9H17N3O2S. The maximum Gasteiger partial charge on any atom is 0.323 e. The minimum Gasteiger partial charge on any atom is -0.345 e. The van der Waals surface area contributed by atoms with Crippen molar-refractivity contribution in [3.05, 3.63) is 0 Å². The average molecular weight is 231 g/mol. The number of carbonyl (C=O) groups is 2. The summed E-state index contributed by atoms with van der Waals surface area (Å²) in [4.78, 5) is 22.0. The molecule has 15 heavy (non-hydrogen) atoms. The standard InChI is InChI=1S/C9H17N3O2S/c1-2-15-7-4-3-6(5-7)11-8(13)9(14)12-10/h6-7H,2-5,10H2,1H3,(H,11,13)(H,12,14). The molecule has 0 bridgehead atoms. The Hall–Kier alpha value is -0.750. The lowest BCUT2D eigenvalue weighted by Gasteiger charge is -2.11. The van der Waals surface area contributed by atoms with E-state index in [0.717, 1.165) is 25.0 Å². The maximum absolute atomic E-state index is 11.2. The van der Waals surface area contributed by atoms with Crippen LogP contribution < -0.4 is 16.6 Å². The molecule has 2 amide bonds. The van der Waals surface area contributed by atoms with Gasteiger partial charge in [0, 0.05) is 11.3 Å². The molecular weight excluding hydrogens is 214 g/mol. The van der Waals surface area contributed by atoms with Gasteiger partial charge in [0.05, 0.1) is 0 Å². The minimum atomic E-state index is -0.776. The molecule has 2 atom stereocenters. The van der Waals surface area contributed by atoms with Crippen LogP contribution in [0.4, 0.5) is 0 Å². The second kappa shape index (κ2) is 5.97. The highest BCUT2D eigenvalue weighted by Gasteiger charge is 2.27.